The van der Waals surface area contributed by atoms with E-state index < -0.39 is 0 Å². The summed E-state index contributed by atoms with van der Waals surface area (Å²) in [5.41, 5.74) is 0. The number of rotatable bonds is 4. The second-order valence-corrected chi connectivity index (χ2v) is 4.00. The highest BCUT2D eigenvalue weighted by Crippen LogP contribution is 2.24. The molecule has 0 amide bonds. The zero-order valence-corrected chi connectivity index (χ0v) is 10.1. The number of benzene rings is 1. The van der Waals surface area contributed by atoms with Crippen LogP contribution in [-0.2, 0) is 6.54 Å². The molecule has 0 N–H and O–H groups in total. The Kier molecular flexibility index (Phi) is 3.64. The molecular weight excluding hydrogens is 243 g/mol. The Balaban J connectivity index is 1.92. The van der Waals surface area contributed by atoms with Crippen LogP contribution in [0.15, 0.2) is 30.6 Å². The molecule has 0 bridgehead atoms. The lowest BCUT2D eigenvalue weighted by Gasteiger charge is -2.09. The highest BCUT2D eigenvalue weighted by Gasteiger charge is 2.03. The monoisotopic (exact) mass is 254 g/mol. The van der Waals surface area contributed by atoms with Crippen molar-refractivity contribution in [2.45, 2.75) is 13.5 Å². The Labute approximate surface area is 104 Å². The molecular formula is C12H12ClFN2O. The number of aryl methyl sites for hydroxylation is 1. The van der Waals surface area contributed by atoms with E-state index in [4.69, 9.17) is 16.3 Å². The number of hydrogen-bond acceptors (Lipinski definition) is 2. The van der Waals surface area contributed by atoms with Crippen molar-refractivity contribution in [1.82, 2.24) is 9.55 Å². The third-order valence-electron chi connectivity index (χ3n) is 2.41. The van der Waals surface area contributed by atoms with Crippen LogP contribution in [0.1, 0.15) is 5.82 Å². The zero-order valence-electron chi connectivity index (χ0n) is 9.36. The molecule has 2 aromatic rings. The average Bonchev–Trinajstić information content (AvgIpc) is 2.68. The first-order valence-electron chi connectivity index (χ1n) is 5.22. The van der Waals surface area contributed by atoms with Crippen molar-refractivity contribution < 1.29 is 9.13 Å². The maximum Gasteiger partial charge on any atom is 0.138 e. The molecule has 2 rings (SSSR count). The lowest BCUT2D eigenvalue weighted by Crippen LogP contribution is -2.09. The molecule has 1 heterocycles. The van der Waals surface area contributed by atoms with E-state index in [9.17, 15) is 4.39 Å². The van der Waals surface area contributed by atoms with Crippen LogP contribution in [0.4, 0.5) is 4.39 Å². The topological polar surface area (TPSA) is 27.1 Å². The lowest BCUT2D eigenvalue weighted by atomic mass is 10.3. The van der Waals surface area contributed by atoms with E-state index in [1.165, 1.54) is 18.2 Å². The van der Waals surface area contributed by atoms with E-state index in [0.29, 0.717) is 18.9 Å². The van der Waals surface area contributed by atoms with E-state index >= 15 is 0 Å². The van der Waals surface area contributed by atoms with Crippen LogP contribution in [0.25, 0.3) is 0 Å². The number of aromatic nitrogens is 2. The fourth-order valence-corrected chi connectivity index (χ4v) is 1.71. The largest absolute Gasteiger partial charge is 0.490 e. The molecule has 1 aromatic heterocycles. The number of hydrogen-bond donors (Lipinski definition) is 0. The van der Waals surface area contributed by atoms with Gasteiger partial charge < -0.3 is 9.30 Å². The van der Waals surface area contributed by atoms with Gasteiger partial charge in [-0.2, -0.15) is 0 Å². The molecule has 0 aliphatic heterocycles. The molecule has 0 fully saturated rings. The fraction of sp³-hybridized carbons (Fsp3) is 0.250. The summed E-state index contributed by atoms with van der Waals surface area (Å²) in [7, 11) is 0. The molecule has 1 aromatic carbocycles. The van der Waals surface area contributed by atoms with Crippen LogP contribution in [0.3, 0.4) is 0 Å². The minimum atomic E-state index is -0.368. The molecule has 90 valence electrons. The van der Waals surface area contributed by atoms with Gasteiger partial charge in [-0.1, -0.05) is 11.6 Å². The van der Waals surface area contributed by atoms with Gasteiger partial charge in [0.05, 0.1) is 11.6 Å². The zero-order chi connectivity index (χ0) is 12.3. The van der Waals surface area contributed by atoms with E-state index in [0.717, 1.165) is 5.82 Å². The van der Waals surface area contributed by atoms with Crippen molar-refractivity contribution in [3.05, 3.63) is 47.3 Å². The molecule has 0 radical (unpaired) electrons. The van der Waals surface area contributed by atoms with Gasteiger partial charge in [-0.15, -0.1) is 0 Å². The first-order chi connectivity index (χ1) is 8.16. The molecule has 3 nitrogen and oxygen atoms in total. The van der Waals surface area contributed by atoms with Crippen molar-refractivity contribution in [2.24, 2.45) is 0 Å². The van der Waals surface area contributed by atoms with Crippen LogP contribution in [0, 0.1) is 12.7 Å². The molecule has 0 saturated carbocycles. The maximum atomic E-state index is 12.8. The summed E-state index contributed by atoms with van der Waals surface area (Å²) in [5.74, 6) is 1.05. The van der Waals surface area contributed by atoms with Gasteiger partial charge in [-0.25, -0.2) is 9.37 Å². The Morgan fingerprint density at radius 1 is 1.47 bits per heavy atom. The maximum absolute atomic E-state index is 12.8. The Bertz CT molecular complexity index is 513. The second kappa shape index (κ2) is 5.19. The van der Waals surface area contributed by atoms with Gasteiger partial charge >= 0.3 is 0 Å². The summed E-state index contributed by atoms with van der Waals surface area (Å²) in [6.45, 7) is 3.06. The third kappa shape index (κ3) is 2.97. The molecule has 0 unspecified atom stereocenters. The Hall–Kier alpha value is -1.55. The van der Waals surface area contributed by atoms with Crippen LogP contribution in [-0.4, -0.2) is 16.2 Å². The minimum absolute atomic E-state index is 0.285. The molecule has 17 heavy (non-hydrogen) atoms. The molecule has 5 heteroatoms. The third-order valence-corrected chi connectivity index (χ3v) is 2.70. The van der Waals surface area contributed by atoms with Gasteiger partial charge in [0.1, 0.15) is 24.0 Å². The standard InChI is InChI=1S/C12H12ClFN2O/c1-9-15-4-5-16(9)6-7-17-12-3-2-10(14)8-11(12)13/h2-5,8H,6-7H2,1H3. The van der Waals surface area contributed by atoms with Crippen molar-refractivity contribution in [3.8, 4) is 5.75 Å². The van der Waals surface area contributed by atoms with Crippen LogP contribution in [0.5, 0.6) is 5.75 Å². The van der Waals surface area contributed by atoms with Crippen molar-refractivity contribution in [1.29, 1.82) is 0 Å². The second-order valence-electron chi connectivity index (χ2n) is 3.59. The first kappa shape index (κ1) is 11.9. The average molecular weight is 255 g/mol. The van der Waals surface area contributed by atoms with Gasteiger partial charge in [-0.3, -0.25) is 0 Å². The fourth-order valence-electron chi connectivity index (χ4n) is 1.49. The Morgan fingerprint density at radius 3 is 2.94 bits per heavy atom. The van der Waals surface area contributed by atoms with E-state index in [1.54, 1.807) is 6.20 Å². The quantitative estimate of drug-likeness (QED) is 0.839. The normalized spacial score (nSPS) is 10.5. The van der Waals surface area contributed by atoms with Gasteiger partial charge in [0.2, 0.25) is 0 Å². The van der Waals surface area contributed by atoms with Crippen molar-refractivity contribution in [2.75, 3.05) is 6.61 Å². The summed E-state index contributed by atoms with van der Waals surface area (Å²) < 4.78 is 20.2. The van der Waals surface area contributed by atoms with Crippen LogP contribution in [0.2, 0.25) is 5.02 Å². The van der Waals surface area contributed by atoms with E-state index in [-0.39, 0.29) is 10.8 Å². The Morgan fingerprint density at radius 2 is 2.29 bits per heavy atom. The number of halogens is 2. The van der Waals surface area contributed by atoms with E-state index in [2.05, 4.69) is 4.98 Å². The predicted octanol–water partition coefficient (Wildman–Crippen LogP) is 3.06. The van der Waals surface area contributed by atoms with Crippen LogP contribution < -0.4 is 4.74 Å². The summed E-state index contributed by atoms with van der Waals surface area (Å²) in [6, 6.07) is 4.08. The summed E-state index contributed by atoms with van der Waals surface area (Å²) in [4.78, 5) is 4.10. The number of ether oxygens (including phenoxy) is 1. The first-order valence-corrected chi connectivity index (χ1v) is 5.60. The van der Waals surface area contributed by atoms with Gasteiger partial charge in [0.25, 0.3) is 0 Å². The van der Waals surface area contributed by atoms with Gasteiger partial charge in [-0.05, 0) is 25.1 Å². The van der Waals surface area contributed by atoms with Gasteiger partial charge in [0.15, 0.2) is 0 Å². The summed E-state index contributed by atoms with van der Waals surface area (Å²) in [5, 5.41) is 0.285. The highest BCUT2D eigenvalue weighted by molar-refractivity contribution is 6.32. The molecule has 0 saturated heterocycles. The highest BCUT2D eigenvalue weighted by atomic mass is 35.5. The van der Waals surface area contributed by atoms with E-state index in [1.807, 2.05) is 17.7 Å². The molecule has 0 spiro atoms. The lowest BCUT2D eigenvalue weighted by molar-refractivity contribution is 0.297. The summed E-state index contributed by atoms with van der Waals surface area (Å²) >= 11 is 5.84. The molecule has 0 atom stereocenters. The SMILES string of the molecule is Cc1nccn1CCOc1ccc(F)cc1Cl. The molecule has 0 aliphatic rings. The number of nitrogens with zero attached hydrogens (tertiary/aromatic N) is 2. The van der Waals surface area contributed by atoms with Gasteiger partial charge in [0, 0.05) is 12.4 Å². The van der Waals surface area contributed by atoms with Crippen LogP contribution >= 0.6 is 11.6 Å². The predicted molar refractivity (Wildman–Crippen MR) is 63.9 cm³/mol. The minimum Gasteiger partial charge on any atom is -0.490 e. The number of imidazole rings is 1. The summed E-state index contributed by atoms with van der Waals surface area (Å²) in [6.07, 6.45) is 3.62. The molecule has 0 aliphatic carbocycles. The smallest absolute Gasteiger partial charge is 0.138 e. The van der Waals surface area contributed by atoms with Crippen molar-refractivity contribution >= 4 is 11.6 Å². The van der Waals surface area contributed by atoms with Crippen molar-refractivity contribution in [3.63, 3.8) is 0 Å².